The van der Waals surface area contributed by atoms with E-state index in [0.717, 1.165) is 0 Å². The Bertz CT molecular complexity index is 665. The molecule has 4 nitrogen and oxygen atoms in total. The predicted molar refractivity (Wildman–Crippen MR) is 73.9 cm³/mol. The fourth-order valence-corrected chi connectivity index (χ4v) is 1.79. The Balaban J connectivity index is 2.33. The molecule has 0 saturated heterocycles. The molecule has 2 rings (SSSR count). The topological polar surface area (TPSA) is 54.3 Å². The third-order valence-corrected chi connectivity index (χ3v) is 2.76. The number of nitriles is 1. The van der Waals surface area contributed by atoms with E-state index in [9.17, 15) is 4.39 Å². The predicted octanol–water partition coefficient (Wildman–Crippen LogP) is 3.46. The van der Waals surface area contributed by atoms with Crippen molar-refractivity contribution in [3.05, 3.63) is 47.8 Å². The van der Waals surface area contributed by atoms with E-state index >= 15 is 0 Å². The smallest absolute Gasteiger partial charge is 0.162 e. The minimum atomic E-state index is -0.445. The van der Waals surface area contributed by atoms with Crippen LogP contribution in [0.4, 0.5) is 15.8 Å². The van der Waals surface area contributed by atoms with E-state index in [-0.39, 0.29) is 5.56 Å². The van der Waals surface area contributed by atoms with Gasteiger partial charge in [-0.15, -0.1) is 0 Å². The van der Waals surface area contributed by atoms with Gasteiger partial charge >= 0.3 is 0 Å². The average Bonchev–Trinajstić information content (AvgIpc) is 2.48. The molecule has 0 amide bonds. The second-order valence-corrected chi connectivity index (χ2v) is 4.00. The van der Waals surface area contributed by atoms with Crippen LogP contribution in [0.3, 0.4) is 0 Å². The number of hydrogen-bond acceptors (Lipinski definition) is 4. The Morgan fingerprint density at radius 2 is 1.80 bits per heavy atom. The lowest BCUT2D eigenvalue weighted by Crippen LogP contribution is -1.96. The van der Waals surface area contributed by atoms with Crippen molar-refractivity contribution in [2.45, 2.75) is 0 Å². The Morgan fingerprint density at radius 3 is 2.45 bits per heavy atom. The van der Waals surface area contributed by atoms with Gasteiger partial charge in [-0.1, -0.05) is 0 Å². The molecule has 0 radical (unpaired) electrons. The van der Waals surface area contributed by atoms with Gasteiger partial charge in [0.15, 0.2) is 11.5 Å². The molecule has 0 saturated carbocycles. The Morgan fingerprint density at radius 1 is 1.05 bits per heavy atom. The maximum absolute atomic E-state index is 13.1. The molecule has 1 N–H and O–H groups in total. The van der Waals surface area contributed by atoms with E-state index in [1.54, 1.807) is 32.4 Å². The molecule has 0 bridgehead atoms. The zero-order valence-electron chi connectivity index (χ0n) is 11.1. The molecular formula is C15H13FN2O2. The Hall–Kier alpha value is -2.74. The molecule has 0 atom stereocenters. The fourth-order valence-electron chi connectivity index (χ4n) is 1.79. The zero-order valence-corrected chi connectivity index (χ0v) is 11.1. The number of methoxy groups -OCH3 is 2. The number of ether oxygens (including phenoxy) is 2. The molecule has 20 heavy (non-hydrogen) atoms. The molecule has 0 aliphatic rings. The van der Waals surface area contributed by atoms with Crippen LogP contribution in [-0.4, -0.2) is 14.2 Å². The van der Waals surface area contributed by atoms with E-state index in [0.29, 0.717) is 22.9 Å². The van der Waals surface area contributed by atoms with Gasteiger partial charge in [0.25, 0.3) is 0 Å². The summed E-state index contributed by atoms with van der Waals surface area (Å²) in [4.78, 5) is 0. The molecule has 0 aromatic heterocycles. The molecule has 0 aliphatic heterocycles. The van der Waals surface area contributed by atoms with Crippen LogP contribution in [0.5, 0.6) is 11.5 Å². The summed E-state index contributed by atoms with van der Waals surface area (Å²) < 4.78 is 23.4. The van der Waals surface area contributed by atoms with Crippen LogP contribution >= 0.6 is 0 Å². The van der Waals surface area contributed by atoms with Crippen LogP contribution in [-0.2, 0) is 0 Å². The summed E-state index contributed by atoms with van der Waals surface area (Å²) in [6.45, 7) is 0. The Labute approximate surface area is 116 Å². The van der Waals surface area contributed by atoms with Gasteiger partial charge in [0.1, 0.15) is 11.9 Å². The fraction of sp³-hybridized carbons (Fsp3) is 0.133. The normalized spacial score (nSPS) is 9.70. The summed E-state index contributed by atoms with van der Waals surface area (Å²) in [6, 6.07) is 11.2. The summed E-state index contributed by atoms with van der Waals surface area (Å²) in [5, 5.41) is 12.1. The standard InChI is InChI=1S/C15H13FN2O2/c1-19-14-6-4-12(8-15(14)20-2)18-13-5-3-11(16)7-10(13)9-17/h3-8,18H,1-2H3. The van der Waals surface area contributed by atoms with Crippen molar-refractivity contribution in [1.29, 1.82) is 5.26 Å². The first-order chi connectivity index (χ1) is 9.67. The van der Waals surface area contributed by atoms with Crippen molar-refractivity contribution >= 4 is 11.4 Å². The van der Waals surface area contributed by atoms with Crippen molar-refractivity contribution in [2.75, 3.05) is 19.5 Å². The summed E-state index contributed by atoms with van der Waals surface area (Å²) in [7, 11) is 3.10. The SMILES string of the molecule is COc1ccc(Nc2ccc(F)cc2C#N)cc1OC. The van der Waals surface area contributed by atoms with E-state index in [2.05, 4.69) is 5.32 Å². The first kappa shape index (κ1) is 13.7. The van der Waals surface area contributed by atoms with E-state index in [1.807, 2.05) is 6.07 Å². The van der Waals surface area contributed by atoms with Crippen LogP contribution < -0.4 is 14.8 Å². The number of nitrogens with one attached hydrogen (secondary N) is 1. The highest BCUT2D eigenvalue weighted by Crippen LogP contribution is 2.31. The number of rotatable bonds is 4. The molecular weight excluding hydrogens is 259 g/mol. The molecule has 0 spiro atoms. The molecule has 0 aliphatic carbocycles. The lowest BCUT2D eigenvalue weighted by molar-refractivity contribution is 0.355. The van der Waals surface area contributed by atoms with Gasteiger partial charge in [0.05, 0.1) is 25.5 Å². The maximum Gasteiger partial charge on any atom is 0.162 e. The van der Waals surface area contributed by atoms with E-state index in [4.69, 9.17) is 14.7 Å². The van der Waals surface area contributed by atoms with Gasteiger partial charge in [0, 0.05) is 11.8 Å². The minimum absolute atomic E-state index is 0.236. The molecule has 102 valence electrons. The van der Waals surface area contributed by atoms with E-state index < -0.39 is 5.82 Å². The third kappa shape index (κ3) is 2.81. The zero-order chi connectivity index (χ0) is 14.5. The summed E-state index contributed by atoms with van der Waals surface area (Å²) in [5.74, 6) is 0.732. The van der Waals surface area contributed by atoms with Crippen LogP contribution in [0.25, 0.3) is 0 Å². The third-order valence-electron chi connectivity index (χ3n) is 2.76. The van der Waals surface area contributed by atoms with Gasteiger partial charge in [-0.2, -0.15) is 5.26 Å². The number of halogens is 1. The van der Waals surface area contributed by atoms with E-state index in [1.165, 1.54) is 18.2 Å². The average molecular weight is 272 g/mol. The monoisotopic (exact) mass is 272 g/mol. The van der Waals surface area contributed by atoms with Crippen LogP contribution in [0.15, 0.2) is 36.4 Å². The molecule has 0 heterocycles. The summed E-state index contributed by atoms with van der Waals surface area (Å²) in [5.41, 5.74) is 1.48. The minimum Gasteiger partial charge on any atom is -0.493 e. The summed E-state index contributed by atoms with van der Waals surface area (Å²) in [6.07, 6.45) is 0. The number of hydrogen-bond donors (Lipinski definition) is 1. The number of benzene rings is 2. The number of nitrogens with zero attached hydrogens (tertiary/aromatic N) is 1. The molecule has 0 fully saturated rings. The maximum atomic E-state index is 13.1. The van der Waals surface area contributed by atoms with Crippen molar-refractivity contribution < 1.29 is 13.9 Å². The highest BCUT2D eigenvalue weighted by atomic mass is 19.1. The van der Waals surface area contributed by atoms with Crippen LogP contribution in [0.2, 0.25) is 0 Å². The summed E-state index contributed by atoms with van der Waals surface area (Å²) >= 11 is 0. The first-order valence-corrected chi connectivity index (χ1v) is 5.86. The highest BCUT2D eigenvalue weighted by Gasteiger charge is 2.07. The van der Waals surface area contributed by atoms with Gasteiger partial charge in [-0.25, -0.2) is 4.39 Å². The number of anilines is 2. The van der Waals surface area contributed by atoms with Crippen molar-refractivity contribution in [3.63, 3.8) is 0 Å². The first-order valence-electron chi connectivity index (χ1n) is 5.86. The lowest BCUT2D eigenvalue weighted by Gasteiger charge is -2.12. The van der Waals surface area contributed by atoms with Gasteiger partial charge < -0.3 is 14.8 Å². The van der Waals surface area contributed by atoms with Gasteiger partial charge in [-0.3, -0.25) is 0 Å². The largest absolute Gasteiger partial charge is 0.493 e. The molecule has 2 aromatic carbocycles. The van der Waals surface area contributed by atoms with Crippen molar-refractivity contribution in [1.82, 2.24) is 0 Å². The highest BCUT2D eigenvalue weighted by molar-refractivity contribution is 5.68. The van der Waals surface area contributed by atoms with Crippen LogP contribution in [0.1, 0.15) is 5.56 Å². The quantitative estimate of drug-likeness (QED) is 0.926. The van der Waals surface area contributed by atoms with Crippen molar-refractivity contribution in [2.24, 2.45) is 0 Å². The second-order valence-electron chi connectivity index (χ2n) is 4.00. The van der Waals surface area contributed by atoms with Gasteiger partial charge in [-0.05, 0) is 30.3 Å². The van der Waals surface area contributed by atoms with Crippen LogP contribution in [0, 0.1) is 17.1 Å². The second kappa shape index (κ2) is 5.93. The van der Waals surface area contributed by atoms with Crippen molar-refractivity contribution in [3.8, 4) is 17.6 Å². The molecule has 5 heteroatoms. The Kier molecular flexibility index (Phi) is 4.06. The lowest BCUT2D eigenvalue weighted by atomic mass is 10.1. The molecule has 2 aromatic rings. The van der Waals surface area contributed by atoms with Gasteiger partial charge in [0.2, 0.25) is 0 Å². The molecule has 0 unspecified atom stereocenters.